The Kier molecular flexibility index (Phi) is 2.79. The second-order valence-electron chi connectivity index (χ2n) is 4.93. The van der Waals surface area contributed by atoms with Gasteiger partial charge in [-0.3, -0.25) is 0 Å². The Bertz CT molecular complexity index is 152. The molecule has 2 nitrogen and oxygen atoms in total. The van der Waals surface area contributed by atoms with Gasteiger partial charge >= 0.3 is 0 Å². The van der Waals surface area contributed by atoms with E-state index in [1.807, 2.05) is 0 Å². The Balaban J connectivity index is 2.57. The van der Waals surface area contributed by atoms with Crippen LogP contribution in [-0.2, 0) is 0 Å². The van der Waals surface area contributed by atoms with Crippen molar-refractivity contribution in [2.75, 3.05) is 6.54 Å². The lowest BCUT2D eigenvalue weighted by molar-refractivity contribution is 0.178. The van der Waals surface area contributed by atoms with E-state index in [1.165, 1.54) is 0 Å². The van der Waals surface area contributed by atoms with Gasteiger partial charge in [0.05, 0.1) is 0 Å². The van der Waals surface area contributed by atoms with E-state index in [0.29, 0.717) is 23.4 Å². The second-order valence-corrected chi connectivity index (χ2v) is 4.93. The van der Waals surface area contributed by atoms with Gasteiger partial charge in [-0.25, -0.2) is 0 Å². The molecule has 1 fully saturated rings. The molecular weight excluding hydrogens is 148 g/mol. The van der Waals surface area contributed by atoms with Gasteiger partial charge in [0, 0.05) is 18.6 Å². The van der Waals surface area contributed by atoms with E-state index in [-0.39, 0.29) is 0 Å². The number of nitrogens with one attached hydrogen (secondary N) is 1. The van der Waals surface area contributed by atoms with E-state index in [9.17, 15) is 0 Å². The highest BCUT2D eigenvalue weighted by Gasteiger charge is 2.36. The van der Waals surface area contributed by atoms with Crippen LogP contribution in [0.15, 0.2) is 0 Å². The molecule has 2 heteroatoms. The summed E-state index contributed by atoms with van der Waals surface area (Å²) < 4.78 is 0. The van der Waals surface area contributed by atoms with Crippen LogP contribution in [0, 0.1) is 11.3 Å². The molecule has 72 valence electrons. The fourth-order valence-electron chi connectivity index (χ4n) is 1.73. The maximum atomic E-state index is 5.86. The van der Waals surface area contributed by atoms with Gasteiger partial charge in [-0.05, 0) is 17.8 Å². The van der Waals surface area contributed by atoms with Crippen molar-refractivity contribution >= 4 is 0 Å². The van der Waals surface area contributed by atoms with E-state index < -0.39 is 0 Å². The highest BCUT2D eigenvalue weighted by molar-refractivity contribution is 4.94. The lowest BCUT2D eigenvalue weighted by atomic mass is 9.74. The smallest absolute Gasteiger partial charge is 0.0180 e. The van der Waals surface area contributed by atoms with Crippen LogP contribution in [0.5, 0.6) is 0 Å². The fourth-order valence-corrected chi connectivity index (χ4v) is 1.73. The summed E-state index contributed by atoms with van der Waals surface area (Å²) >= 11 is 0. The molecule has 2 atom stereocenters. The molecule has 0 aromatic carbocycles. The van der Waals surface area contributed by atoms with Crippen molar-refractivity contribution < 1.29 is 0 Å². The van der Waals surface area contributed by atoms with Crippen LogP contribution >= 0.6 is 0 Å². The summed E-state index contributed by atoms with van der Waals surface area (Å²) in [6, 6.07) is 0.973. The predicted octanol–water partition coefficient (Wildman–Crippen LogP) is 1.36. The standard InChI is InChI=1S/C10H22N2/c1-7(2)10(3,4)9-5-8(11)6-12-9/h7-9,12H,5-6,11H2,1-4H3/t8-,9?/m1/s1. The lowest BCUT2D eigenvalue weighted by Gasteiger charge is -2.35. The van der Waals surface area contributed by atoms with E-state index in [2.05, 4.69) is 33.0 Å². The minimum atomic E-state index is 0.369. The number of rotatable bonds is 2. The van der Waals surface area contributed by atoms with Crippen molar-refractivity contribution in [3.8, 4) is 0 Å². The van der Waals surface area contributed by atoms with Crippen LogP contribution in [0.4, 0.5) is 0 Å². The quantitative estimate of drug-likeness (QED) is 0.656. The summed E-state index contributed by atoms with van der Waals surface area (Å²) in [6.07, 6.45) is 1.13. The molecule has 1 aliphatic rings. The molecule has 0 aromatic heterocycles. The zero-order valence-corrected chi connectivity index (χ0v) is 8.72. The summed E-state index contributed by atoms with van der Waals surface area (Å²) in [4.78, 5) is 0. The van der Waals surface area contributed by atoms with Crippen LogP contribution in [0.3, 0.4) is 0 Å². The highest BCUT2D eigenvalue weighted by atomic mass is 15.0. The van der Waals surface area contributed by atoms with E-state index in [1.54, 1.807) is 0 Å². The lowest BCUT2D eigenvalue weighted by Crippen LogP contribution is -2.40. The van der Waals surface area contributed by atoms with Crippen LogP contribution in [0.25, 0.3) is 0 Å². The molecule has 1 heterocycles. The van der Waals surface area contributed by atoms with Gasteiger partial charge in [-0.15, -0.1) is 0 Å². The van der Waals surface area contributed by atoms with Crippen LogP contribution in [-0.4, -0.2) is 18.6 Å². The van der Waals surface area contributed by atoms with Crippen LogP contribution < -0.4 is 11.1 Å². The van der Waals surface area contributed by atoms with Crippen molar-refractivity contribution in [2.45, 2.75) is 46.2 Å². The molecule has 1 unspecified atom stereocenters. The first-order valence-corrected chi connectivity index (χ1v) is 4.93. The van der Waals surface area contributed by atoms with Gasteiger partial charge in [0.25, 0.3) is 0 Å². The summed E-state index contributed by atoms with van der Waals surface area (Å²) in [5, 5.41) is 3.50. The predicted molar refractivity (Wildman–Crippen MR) is 53.0 cm³/mol. The van der Waals surface area contributed by atoms with Gasteiger partial charge in [0.1, 0.15) is 0 Å². The zero-order valence-electron chi connectivity index (χ0n) is 8.72. The molecule has 0 spiro atoms. The van der Waals surface area contributed by atoms with Crippen molar-refractivity contribution in [1.82, 2.24) is 5.32 Å². The number of nitrogens with two attached hydrogens (primary N) is 1. The fraction of sp³-hybridized carbons (Fsp3) is 1.00. The summed E-state index contributed by atoms with van der Waals surface area (Å²) in [5.74, 6) is 0.709. The molecule has 1 rings (SSSR count). The van der Waals surface area contributed by atoms with Gasteiger partial charge in [0.2, 0.25) is 0 Å². The van der Waals surface area contributed by atoms with Gasteiger partial charge in [-0.2, -0.15) is 0 Å². The van der Waals surface area contributed by atoms with Gasteiger partial charge in [0.15, 0.2) is 0 Å². The monoisotopic (exact) mass is 170 g/mol. The molecule has 0 aliphatic carbocycles. The SMILES string of the molecule is CC(C)C(C)(C)C1C[C@@H](N)CN1. The first-order valence-electron chi connectivity index (χ1n) is 4.93. The molecule has 0 bridgehead atoms. The number of hydrogen-bond acceptors (Lipinski definition) is 2. The van der Waals surface area contributed by atoms with E-state index >= 15 is 0 Å². The minimum Gasteiger partial charge on any atom is -0.326 e. The maximum absolute atomic E-state index is 5.86. The average Bonchev–Trinajstić information content (AvgIpc) is 2.35. The molecule has 12 heavy (non-hydrogen) atoms. The van der Waals surface area contributed by atoms with Crippen molar-refractivity contribution in [3.63, 3.8) is 0 Å². The van der Waals surface area contributed by atoms with E-state index in [4.69, 9.17) is 5.73 Å². The highest BCUT2D eigenvalue weighted by Crippen LogP contribution is 2.33. The van der Waals surface area contributed by atoms with Crippen LogP contribution in [0.2, 0.25) is 0 Å². The molecule has 0 radical (unpaired) electrons. The third-order valence-electron chi connectivity index (χ3n) is 3.55. The molecule has 0 amide bonds. The Morgan fingerprint density at radius 3 is 2.33 bits per heavy atom. The molecule has 1 saturated heterocycles. The molecule has 3 N–H and O–H groups in total. The molecule has 0 aromatic rings. The normalized spacial score (nSPS) is 31.5. The Morgan fingerprint density at radius 1 is 1.42 bits per heavy atom. The summed E-state index contributed by atoms with van der Waals surface area (Å²) in [6.45, 7) is 10.2. The van der Waals surface area contributed by atoms with Gasteiger partial charge in [-0.1, -0.05) is 27.7 Å². The third kappa shape index (κ3) is 1.80. The number of hydrogen-bond donors (Lipinski definition) is 2. The van der Waals surface area contributed by atoms with Crippen LogP contribution in [0.1, 0.15) is 34.1 Å². The van der Waals surface area contributed by atoms with Gasteiger partial charge < -0.3 is 11.1 Å². The maximum Gasteiger partial charge on any atom is 0.0180 e. The molecule has 1 aliphatic heterocycles. The Labute approximate surface area is 75.9 Å². The molecular formula is C10H22N2. The minimum absolute atomic E-state index is 0.369. The van der Waals surface area contributed by atoms with E-state index in [0.717, 1.165) is 13.0 Å². The summed E-state index contributed by atoms with van der Waals surface area (Å²) in [5.41, 5.74) is 6.23. The van der Waals surface area contributed by atoms with Crippen molar-refractivity contribution in [1.29, 1.82) is 0 Å². The van der Waals surface area contributed by atoms with Crippen molar-refractivity contribution in [2.24, 2.45) is 17.1 Å². The Morgan fingerprint density at radius 2 is 2.00 bits per heavy atom. The largest absolute Gasteiger partial charge is 0.326 e. The topological polar surface area (TPSA) is 38.0 Å². The van der Waals surface area contributed by atoms with Crippen molar-refractivity contribution in [3.05, 3.63) is 0 Å². The zero-order chi connectivity index (χ0) is 9.35. The second kappa shape index (κ2) is 3.35. The summed E-state index contributed by atoms with van der Waals surface area (Å²) in [7, 11) is 0. The first kappa shape index (κ1) is 10.0. The molecule has 0 saturated carbocycles. The average molecular weight is 170 g/mol. The third-order valence-corrected chi connectivity index (χ3v) is 3.55. The Hall–Kier alpha value is -0.0800. The first-order chi connectivity index (χ1) is 5.44.